The predicted molar refractivity (Wildman–Crippen MR) is 154 cm³/mol. The molecule has 6 nitrogen and oxygen atoms in total. The van der Waals surface area contributed by atoms with Crippen molar-refractivity contribution in [3.05, 3.63) is 100 Å². The molecular weight excluding hydrogens is 470 g/mol. The molecule has 1 aliphatic rings. The summed E-state index contributed by atoms with van der Waals surface area (Å²) in [6, 6.07) is 23.8. The van der Waals surface area contributed by atoms with E-state index in [9.17, 15) is 4.79 Å². The number of rotatable bonds is 7. The third kappa shape index (κ3) is 4.50. The molecule has 0 spiro atoms. The summed E-state index contributed by atoms with van der Waals surface area (Å²) in [6.07, 6.45) is 3.08. The Morgan fingerprint density at radius 2 is 1.71 bits per heavy atom. The lowest BCUT2D eigenvalue weighted by Gasteiger charge is -2.17. The minimum atomic E-state index is 0.0500. The van der Waals surface area contributed by atoms with Crippen LogP contribution in [-0.4, -0.2) is 37.1 Å². The van der Waals surface area contributed by atoms with Gasteiger partial charge in [-0.15, -0.1) is 0 Å². The van der Waals surface area contributed by atoms with Crippen molar-refractivity contribution in [2.45, 2.75) is 52.7 Å². The summed E-state index contributed by atoms with van der Waals surface area (Å²) in [7, 11) is 0. The van der Waals surface area contributed by atoms with Crippen LogP contribution in [0.5, 0.6) is 0 Å². The lowest BCUT2D eigenvalue weighted by atomic mass is 9.94. The lowest BCUT2D eigenvalue weighted by Crippen LogP contribution is -2.22. The Kier molecular flexibility index (Phi) is 6.50. The van der Waals surface area contributed by atoms with E-state index in [1.807, 2.05) is 35.2 Å². The molecule has 6 rings (SSSR count). The molecule has 194 valence electrons. The van der Waals surface area contributed by atoms with Crippen LogP contribution in [-0.2, 0) is 19.6 Å². The van der Waals surface area contributed by atoms with Gasteiger partial charge in [0.25, 0.3) is 0 Å². The molecule has 0 aliphatic carbocycles. The van der Waals surface area contributed by atoms with Gasteiger partial charge in [0.15, 0.2) is 0 Å². The van der Waals surface area contributed by atoms with E-state index >= 15 is 0 Å². The highest BCUT2D eigenvalue weighted by Gasteiger charge is 2.24. The van der Waals surface area contributed by atoms with Crippen LogP contribution in [0.2, 0.25) is 0 Å². The zero-order valence-electron chi connectivity index (χ0n) is 22.4. The van der Waals surface area contributed by atoms with Gasteiger partial charge in [0.2, 0.25) is 0 Å². The van der Waals surface area contributed by atoms with E-state index in [-0.39, 0.29) is 5.69 Å². The van der Waals surface area contributed by atoms with Gasteiger partial charge in [0.05, 0.1) is 22.9 Å². The minimum Gasteiger partial charge on any atom is -0.338 e. The number of aromatic nitrogens is 4. The molecule has 1 atom stereocenters. The van der Waals surface area contributed by atoms with E-state index in [1.165, 1.54) is 23.1 Å². The van der Waals surface area contributed by atoms with Gasteiger partial charge in [0, 0.05) is 37.3 Å². The van der Waals surface area contributed by atoms with Crippen molar-refractivity contribution in [2.75, 3.05) is 13.1 Å². The molecule has 0 radical (unpaired) electrons. The molecule has 1 N–H and O–H groups in total. The summed E-state index contributed by atoms with van der Waals surface area (Å²) >= 11 is 0. The van der Waals surface area contributed by atoms with Crippen LogP contribution in [0.15, 0.2) is 77.7 Å². The molecule has 0 amide bonds. The second kappa shape index (κ2) is 10.1. The van der Waals surface area contributed by atoms with Crippen LogP contribution in [0.4, 0.5) is 0 Å². The molecular formula is C32H35N5O. The monoisotopic (exact) mass is 505 g/mol. The zero-order valence-corrected chi connectivity index (χ0v) is 22.4. The van der Waals surface area contributed by atoms with Gasteiger partial charge in [-0.05, 0) is 75.0 Å². The fourth-order valence-electron chi connectivity index (χ4n) is 5.99. The van der Waals surface area contributed by atoms with Crippen molar-refractivity contribution in [2.24, 2.45) is 0 Å². The van der Waals surface area contributed by atoms with Gasteiger partial charge in [-0.3, -0.25) is 14.0 Å². The van der Waals surface area contributed by atoms with E-state index in [0.29, 0.717) is 19.0 Å². The average molecular weight is 506 g/mol. The molecule has 2 aromatic heterocycles. The van der Waals surface area contributed by atoms with Crippen LogP contribution in [0.3, 0.4) is 0 Å². The molecule has 0 saturated carbocycles. The molecule has 1 aliphatic heterocycles. The average Bonchev–Trinajstić information content (AvgIpc) is 3.66. The Hall–Kier alpha value is -3.90. The summed E-state index contributed by atoms with van der Waals surface area (Å²) < 4.78 is 3.68. The van der Waals surface area contributed by atoms with Crippen molar-refractivity contribution in [3.8, 4) is 22.6 Å². The molecule has 6 heteroatoms. The smallest absolute Gasteiger partial charge is 0.329 e. The van der Waals surface area contributed by atoms with Crippen LogP contribution < -0.4 is 5.69 Å². The number of nitrogens with one attached hydrogen (secondary N) is 1. The normalized spacial score (nSPS) is 16.0. The SMILES string of the molecule is CCn1c(=O)n(CC)c2cc(-c3cnc(-c4cc(C)cc(C5CCN(Cc6ccccc6)C5)c4)[nH]3)ccc21. The summed E-state index contributed by atoms with van der Waals surface area (Å²) in [4.78, 5) is 23.7. The third-order valence-electron chi connectivity index (χ3n) is 7.90. The quantitative estimate of drug-likeness (QED) is 0.287. The molecule has 38 heavy (non-hydrogen) atoms. The highest BCUT2D eigenvalue weighted by molar-refractivity contribution is 5.82. The van der Waals surface area contributed by atoms with Crippen molar-refractivity contribution in [1.29, 1.82) is 0 Å². The van der Waals surface area contributed by atoms with Crippen LogP contribution in [0.25, 0.3) is 33.7 Å². The van der Waals surface area contributed by atoms with E-state index in [4.69, 9.17) is 4.98 Å². The lowest BCUT2D eigenvalue weighted by molar-refractivity contribution is 0.327. The summed E-state index contributed by atoms with van der Waals surface area (Å²) in [6.45, 7) is 10.7. The summed E-state index contributed by atoms with van der Waals surface area (Å²) in [5, 5.41) is 0. The van der Waals surface area contributed by atoms with Crippen molar-refractivity contribution in [1.82, 2.24) is 24.0 Å². The second-order valence-corrected chi connectivity index (χ2v) is 10.5. The van der Waals surface area contributed by atoms with E-state index < -0.39 is 0 Å². The van der Waals surface area contributed by atoms with Crippen LogP contribution >= 0.6 is 0 Å². The number of H-pyrrole nitrogens is 1. The number of likely N-dealkylation sites (tertiary alicyclic amines) is 1. The van der Waals surface area contributed by atoms with Crippen LogP contribution in [0.1, 0.15) is 42.9 Å². The van der Waals surface area contributed by atoms with Gasteiger partial charge >= 0.3 is 5.69 Å². The Morgan fingerprint density at radius 3 is 2.50 bits per heavy atom. The molecule has 1 saturated heterocycles. The number of hydrogen-bond donors (Lipinski definition) is 1. The molecule has 1 unspecified atom stereocenters. The largest absolute Gasteiger partial charge is 0.338 e. The van der Waals surface area contributed by atoms with Gasteiger partial charge in [0.1, 0.15) is 5.82 Å². The first-order chi connectivity index (χ1) is 18.5. The Morgan fingerprint density at radius 1 is 0.921 bits per heavy atom. The molecule has 0 bridgehead atoms. The Labute approximate surface area is 223 Å². The van der Waals surface area contributed by atoms with Crippen LogP contribution in [0, 0.1) is 6.92 Å². The first-order valence-corrected chi connectivity index (χ1v) is 13.7. The molecule has 3 heterocycles. The number of aromatic amines is 1. The van der Waals surface area contributed by atoms with Crippen molar-refractivity contribution < 1.29 is 0 Å². The minimum absolute atomic E-state index is 0.0500. The number of imidazole rings is 2. The summed E-state index contributed by atoms with van der Waals surface area (Å²) in [5.41, 5.74) is 9.13. The standard InChI is InChI=1S/C32H35N5O/c1-4-36-29-12-11-24(18-30(29)37(5-2)32(36)38)28-19-33-31(34-28)27-16-22(3)15-26(17-27)25-13-14-35(21-25)20-23-9-7-6-8-10-23/h6-12,15-19,25H,4-5,13-14,20-21H2,1-3H3,(H,33,34). The summed E-state index contributed by atoms with van der Waals surface area (Å²) in [5.74, 6) is 1.41. The number of fused-ring (bicyclic) bond motifs is 1. The number of nitrogens with zero attached hydrogens (tertiary/aromatic N) is 4. The fraction of sp³-hybridized carbons (Fsp3) is 0.312. The van der Waals surface area contributed by atoms with Gasteiger partial charge in [-0.2, -0.15) is 0 Å². The molecule has 3 aromatic carbocycles. The Balaban J connectivity index is 1.26. The maximum atomic E-state index is 12.8. The molecule has 1 fully saturated rings. The van der Waals surface area contributed by atoms with Gasteiger partial charge in [-0.1, -0.05) is 48.0 Å². The van der Waals surface area contributed by atoms with Gasteiger partial charge in [-0.25, -0.2) is 9.78 Å². The third-order valence-corrected chi connectivity index (χ3v) is 7.90. The number of benzene rings is 3. The van der Waals surface area contributed by atoms with E-state index in [1.54, 1.807) is 0 Å². The maximum absolute atomic E-state index is 12.8. The second-order valence-electron chi connectivity index (χ2n) is 10.5. The predicted octanol–water partition coefficient (Wildman–Crippen LogP) is 6.20. The highest BCUT2D eigenvalue weighted by Crippen LogP contribution is 2.32. The fourth-order valence-corrected chi connectivity index (χ4v) is 5.99. The van der Waals surface area contributed by atoms with Gasteiger partial charge < -0.3 is 4.98 Å². The van der Waals surface area contributed by atoms with Crippen molar-refractivity contribution >= 4 is 11.0 Å². The number of hydrogen-bond acceptors (Lipinski definition) is 3. The van der Waals surface area contributed by atoms with E-state index in [0.717, 1.165) is 53.3 Å². The first kappa shape index (κ1) is 24.4. The Bertz CT molecular complexity index is 1640. The van der Waals surface area contributed by atoms with E-state index in [2.05, 4.69) is 77.5 Å². The van der Waals surface area contributed by atoms with Crippen molar-refractivity contribution in [3.63, 3.8) is 0 Å². The topological polar surface area (TPSA) is 58.9 Å². The zero-order chi connectivity index (χ0) is 26.2. The number of aryl methyl sites for hydroxylation is 3. The highest BCUT2D eigenvalue weighted by atomic mass is 16.1. The first-order valence-electron chi connectivity index (χ1n) is 13.7. The molecule has 5 aromatic rings. The maximum Gasteiger partial charge on any atom is 0.329 e.